The first-order valence-electron chi connectivity index (χ1n) is 8.37. The fourth-order valence-electron chi connectivity index (χ4n) is 3.34. The summed E-state index contributed by atoms with van der Waals surface area (Å²) in [6.45, 7) is 13.1. The third kappa shape index (κ3) is 5.39. The second kappa shape index (κ2) is 7.75. The maximum Gasteiger partial charge on any atom is 0.0731 e. The minimum atomic E-state index is 0.459. The van der Waals surface area contributed by atoms with E-state index in [-0.39, 0.29) is 0 Å². The lowest BCUT2D eigenvalue weighted by atomic mass is 9.82. The van der Waals surface area contributed by atoms with Gasteiger partial charge in [0.15, 0.2) is 0 Å². The van der Waals surface area contributed by atoms with Crippen LogP contribution in [-0.4, -0.2) is 12.1 Å². The zero-order valence-electron chi connectivity index (χ0n) is 14.2. The third-order valence-electron chi connectivity index (χ3n) is 4.37. The van der Waals surface area contributed by atoms with Crippen molar-refractivity contribution in [3.05, 3.63) is 21.4 Å². The highest BCUT2D eigenvalue weighted by Crippen LogP contribution is 2.31. The molecule has 0 bridgehead atoms. The standard InChI is InChI=1S/C18H31NOS/c1-12(2)19-10-18-9-16(15(5)21-18)11-20-17-7-13(3)6-14(4)8-17/h9,12-14,17,19H,6-8,10-11H2,1-5H3. The van der Waals surface area contributed by atoms with Gasteiger partial charge in [0, 0.05) is 22.3 Å². The lowest BCUT2D eigenvalue weighted by Crippen LogP contribution is -2.26. The lowest BCUT2D eigenvalue weighted by molar-refractivity contribution is -0.00920. The van der Waals surface area contributed by atoms with Crippen LogP contribution < -0.4 is 5.32 Å². The van der Waals surface area contributed by atoms with E-state index in [9.17, 15) is 0 Å². The van der Waals surface area contributed by atoms with Crippen molar-refractivity contribution in [1.82, 2.24) is 5.32 Å². The molecule has 1 aromatic rings. The molecule has 0 saturated heterocycles. The molecule has 1 saturated carbocycles. The summed E-state index contributed by atoms with van der Waals surface area (Å²) in [6, 6.07) is 2.86. The maximum absolute atomic E-state index is 6.22. The number of hydrogen-bond donors (Lipinski definition) is 1. The largest absolute Gasteiger partial charge is 0.373 e. The van der Waals surface area contributed by atoms with Crippen LogP contribution in [0.1, 0.15) is 62.3 Å². The normalized spacial score (nSPS) is 26.5. The van der Waals surface area contributed by atoms with E-state index < -0.39 is 0 Å². The highest BCUT2D eigenvalue weighted by molar-refractivity contribution is 7.12. The van der Waals surface area contributed by atoms with E-state index in [0.717, 1.165) is 25.0 Å². The topological polar surface area (TPSA) is 21.3 Å². The molecule has 1 N–H and O–H groups in total. The van der Waals surface area contributed by atoms with Crippen molar-refractivity contribution in [2.45, 2.75) is 79.2 Å². The summed E-state index contributed by atoms with van der Waals surface area (Å²) in [6.07, 6.45) is 4.28. The highest BCUT2D eigenvalue weighted by Gasteiger charge is 2.24. The predicted molar refractivity (Wildman–Crippen MR) is 91.8 cm³/mol. The Kier molecular flexibility index (Phi) is 6.27. The highest BCUT2D eigenvalue weighted by atomic mass is 32.1. The minimum Gasteiger partial charge on any atom is -0.373 e. The maximum atomic E-state index is 6.22. The molecule has 120 valence electrons. The molecule has 1 fully saturated rings. The Labute approximate surface area is 134 Å². The zero-order chi connectivity index (χ0) is 15.4. The molecule has 2 nitrogen and oxygen atoms in total. The molecule has 2 atom stereocenters. The summed E-state index contributed by atoms with van der Waals surface area (Å²) in [5, 5.41) is 3.49. The van der Waals surface area contributed by atoms with Crippen LogP contribution in [0.2, 0.25) is 0 Å². The van der Waals surface area contributed by atoms with Gasteiger partial charge in [0.1, 0.15) is 0 Å². The average molecular weight is 310 g/mol. The van der Waals surface area contributed by atoms with Gasteiger partial charge in [-0.2, -0.15) is 0 Å². The quantitative estimate of drug-likeness (QED) is 0.807. The van der Waals surface area contributed by atoms with E-state index in [4.69, 9.17) is 4.74 Å². The molecule has 1 aliphatic carbocycles. The second-order valence-electron chi connectivity index (χ2n) is 7.18. The summed E-state index contributed by atoms with van der Waals surface area (Å²) < 4.78 is 6.22. The summed E-state index contributed by atoms with van der Waals surface area (Å²) >= 11 is 1.90. The molecule has 21 heavy (non-hydrogen) atoms. The van der Waals surface area contributed by atoms with Crippen molar-refractivity contribution in [2.24, 2.45) is 11.8 Å². The first-order chi connectivity index (χ1) is 9.94. The van der Waals surface area contributed by atoms with Crippen LogP contribution in [-0.2, 0) is 17.9 Å². The van der Waals surface area contributed by atoms with Gasteiger partial charge in [-0.25, -0.2) is 0 Å². The van der Waals surface area contributed by atoms with Gasteiger partial charge in [-0.1, -0.05) is 27.7 Å². The Morgan fingerprint density at radius 2 is 1.90 bits per heavy atom. The van der Waals surface area contributed by atoms with E-state index >= 15 is 0 Å². The van der Waals surface area contributed by atoms with E-state index in [0.29, 0.717) is 12.1 Å². The molecule has 2 unspecified atom stereocenters. The van der Waals surface area contributed by atoms with Gasteiger partial charge in [0.2, 0.25) is 0 Å². The van der Waals surface area contributed by atoms with Gasteiger partial charge in [0.05, 0.1) is 12.7 Å². The minimum absolute atomic E-state index is 0.459. The van der Waals surface area contributed by atoms with Crippen LogP contribution in [0.4, 0.5) is 0 Å². The van der Waals surface area contributed by atoms with Crippen molar-refractivity contribution in [1.29, 1.82) is 0 Å². The van der Waals surface area contributed by atoms with Crippen LogP contribution in [0.5, 0.6) is 0 Å². The molecule has 0 aromatic carbocycles. The third-order valence-corrected chi connectivity index (χ3v) is 5.46. The van der Waals surface area contributed by atoms with Crippen molar-refractivity contribution in [2.75, 3.05) is 0 Å². The second-order valence-corrected chi connectivity index (χ2v) is 8.52. The van der Waals surface area contributed by atoms with Crippen LogP contribution in [0.25, 0.3) is 0 Å². The fourth-order valence-corrected chi connectivity index (χ4v) is 4.34. The molecule has 0 radical (unpaired) electrons. The summed E-state index contributed by atoms with van der Waals surface area (Å²) in [5.74, 6) is 1.63. The van der Waals surface area contributed by atoms with Crippen LogP contribution in [0.3, 0.4) is 0 Å². The SMILES string of the molecule is Cc1sc(CNC(C)C)cc1COC1CC(C)CC(C)C1. The molecule has 3 heteroatoms. The average Bonchev–Trinajstić information content (AvgIpc) is 2.73. The summed E-state index contributed by atoms with van der Waals surface area (Å²) in [7, 11) is 0. The number of ether oxygens (including phenoxy) is 1. The van der Waals surface area contributed by atoms with Crippen molar-refractivity contribution >= 4 is 11.3 Å². The van der Waals surface area contributed by atoms with Gasteiger partial charge >= 0.3 is 0 Å². The first-order valence-corrected chi connectivity index (χ1v) is 9.18. The molecule has 1 aromatic heterocycles. The lowest BCUT2D eigenvalue weighted by Gasteiger charge is -2.31. The van der Waals surface area contributed by atoms with E-state index in [1.807, 2.05) is 11.3 Å². The summed E-state index contributed by atoms with van der Waals surface area (Å²) in [5.41, 5.74) is 1.38. The van der Waals surface area contributed by atoms with Crippen molar-refractivity contribution in [3.63, 3.8) is 0 Å². The van der Waals surface area contributed by atoms with Gasteiger partial charge < -0.3 is 10.1 Å². The Balaban J connectivity index is 1.85. The van der Waals surface area contributed by atoms with Crippen molar-refractivity contribution < 1.29 is 4.74 Å². The molecule has 1 heterocycles. The number of nitrogens with one attached hydrogen (secondary N) is 1. The number of aryl methyl sites for hydroxylation is 1. The number of thiophene rings is 1. The predicted octanol–water partition coefficient (Wildman–Crippen LogP) is 4.90. The van der Waals surface area contributed by atoms with E-state index in [1.54, 1.807) is 0 Å². The molecule has 0 amide bonds. The van der Waals surface area contributed by atoms with Gasteiger partial charge in [-0.3, -0.25) is 0 Å². The van der Waals surface area contributed by atoms with Crippen LogP contribution in [0.15, 0.2) is 6.07 Å². The molecule has 1 aliphatic rings. The van der Waals surface area contributed by atoms with Crippen molar-refractivity contribution in [3.8, 4) is 0 Å². The van der Waals surface area contributed by atoms with Crippen LogP contribution in [0, 0.1) is 18.8 Å². The number of rotatable bonds is 6. The molecule has 0 spiro atoms. The van der Waals surface area contributed by atoms with E-state index in [2.05, 4.69) is 46.0 Å². The first kappa shape index (κ1) is 17.0. The van der Waals surface area contributed by atoms with E-state index in [1.165, 1.54) is 34.6 Å². The monoisotopic (exact) mass is 309 g/mol. The fraction of sp³-hybridized carbons (Fsp3) is 0.778. The number of hydrogen-bond acceptors (Lipinski definition) is 3. The molecular weight excluding hydrogens is 278 g/mol. The Morgan fingerprint density at radius 1 is 1.24 bits per heavy atom. The van der Waals surface area contributed by atoms with Gasteiger partial charge in [-0.05, 0) is 49.7 Å². The smallest absolute Gasteiger partial charge is 0.0731 e. The Bertz CT molecular complexity index is 430. The molecular formula is C18H31NOS. The molecule has 0 aliphatic heterocycles. The van der Waals surface area contributed by atoms with Crippen LogP contribution >= 0.6 is 11.3 Å². The van der Waals surface area contributed by atoms with Gasteiger partial charge in [-0.15, -0.1) is 11.3 Å². The zero-order valence-corrected chi connectivity index (χ0v) is 15.1. The Morgan fingerprint density at radius 3 is 2.52 bits per heavy atom. The summed E-state index contributed by atoms with van der Waals surface area (Å²) in [4.78, 5) is 2.83. The molecule has 2 rings (SSSR count). The van der Waals surface area contributed by atoms with Gasteiger partial charge in [0.25, 0.3) is 0 Å². The Hall–Kier alpha value is -0.380.